The molecule has 292 valence electrons. The van der Waals surface area contributed by atoms with Crippen molar-refractivity contribution in [1.29, 1.82) is 0 Å². The van der Waals surface area contributed by atoms with E-state index in [4.69, 9.17) is 5.73 Å². The second-order valence-electron chi connectivity index (χ2n) is 15.7. The normalized spacial score (nSPS) is 22.4. The van der Waals surface area contributed by atoms with E-state index in [1.165, 1.54) is 11.8 Å². The third-order valence-electron chi connectivity index (χ3n) is 12.1. The summed E-state index contributed by atoms with van der Waals surface area (Å²) >= 11 is 0. The van der Waals surface area contributed by atoms with Crippen LogP contribution in [0, 0.1) is 11.8 Å². The summed E-state index contributed by atoms with van der Waals surface area (Å²) in [6, 6.07) is 12.8. The molecule has 15 nitrogen and oxygen atoms in total. The third kappa shape index (κ3) is 7.42. The minimum atomic E-state index is -0.820. The minimum absolute atomic E-state index is 0.0418. The molecule has 15 heteroatoms. The number of carbonyl (C=O) groups excluding carboxylic acids is 4. The largest absolute Gasteiger partial charge is 0.481 e. The Morgan fingerprint density at radius 1 is 0.893 bits per heavy atom. The molecular formula is C41H47N9O6. The molecule has 4 saturated heterocycles. The van der Waals surface area contributed by atoms with Gasteiger partial charge in [-0.05, 0) is 106 Å². The second-order valence-corrected chi connectivity index (χ2v) is 15.7. The number of anilines is 4. The Morgan fingerprint density at radius 3 is 2.30 bits per heavy atom. The number of nitrogens with two attached hydrogens (primary N) is 1. The topological polar surface area (TPSA) is 194 Å². The predicted octanol–water partition coefficient (Wildman–Crippen LogP) is 3.71. The summed E-state index contributed by atoms with van der Waals surface area (Å²) in [5, 5.41) is 15.3. The fraction of sp³-hybridized carbons (Fsp3) is 0.439. The number of likely N-dealkylation sites (tertiary alicyclic amines) is 1. The van der Waals surface area contributed by atoms with E-state index >= 15 is 0 Å². The average Bonchev–Trinajstić information content (AvgIpc) is 3.76. The highest BCUT2D eigenvalue weighted by Gasteiger charge is 2.44. The summed E-state index contributed by atoms with van der Waals surface area (Å²) in [6.07, 6.45) is 6.60. The van der Waals surface area contributed by atoms with Gasteiger partial charge in [-0.2, -0.15) is 0 Å². The summed E-state index contributed by atoms with van der Waals surface area (Å²) < 4.78 is 0. The number of imide groups is 1. The van der Waals surface area contributed by atoms with Crippen molar-refractivity contribution in [2.24, 2.45) is 17.6 Å². The van der Waals surface area contributed by atoms with E-state index in [9.17, 15) is 29.1 Å². The quantitative estimate of drug-likeness (QED) is 0.219. The van der Waals surface area contributed by atoms with Gasteiger partial charge >= 0.3 is 5.97 Å². The Morgan fingerprint density at radius 2 is 1.61 bits per heavy atom. The van der Waals surface area contributed by atoms with Crippen LogP contribution in [0.15, 0.2) is 60.9 Å². The Bertz CT molecular complexity index is 2070. The highest BCUT2D eigenvalue weighted by Crippen LogP contribution is 2.35. The van der Waals surface area contributed by atoms with Gasteiger partial charge in [0.2, 0.25) is 5.91 Å². The number of allylic oxidation sites excluding steroid dienone is 1. The van der Waals surface area contributed by atoms with E-state index in [1.807, 2.05) is 29.2 Å². The van der Waals surface area contributed by atoms with E-state index in [-0.39, 0.29) is 23.3 Å². The minimum Gasteiger partial charge on any atom is -0.481 e. The van der Waals surface area contributed by atoms with Crippen molar-refractivity contribution in [3.05, 3.63) is 83.3 Å². The van der Waals surface area contributed by atoms with Crippen molar-refractivity contribution < 1.29 is 29.1 Å². The maximum Gasteiger partial charge on any atom is 0.306 e. The summed E-state index contributed by atoms with van der Waals surface area (Å²) in [5.41, 5.74) is 9.93. The lowest BCUT2D eigenvalue weighted by molar-refractivity contribution is -0.142. The molecule has 5 aliphatic heterocycles. The standard InChI is InChI=1S/C41H47N9O6/c1-24-2-9-33(38(52)44-24)50-39(53)31-8-7-30(20-32(31)40(50)54)49-17-10-25(23-49)22-47-15-11-27(12-16-47)26-3-5-29(6-4-26)45-37-35(36(42)51)43-21-34(46-37)48-18-13-28(14-19-48)41(55)56/h3-8,20-21,25,27-28,33H,1-2,9-19,22-23H2,(H2,42,51)(H,44,52)(H,45,46)(H,55,56)/t25-,33?/m1/s1. The van der Waals surface area contributed by atoms with Crippen LogP contribution in [0.3, 0.4) is 0 Å². The Kier molecular flexibility index (Phi) is 10.2. The third-order valence-corrected chi connectivity index (χ3v) is 12.1. The van der Waals surface area contributed by atoms with Crippen molar-refractivity contribution in [2.75, 3.05) is 60.9 Å². The summed E-state index contributed by atoms with van der Waals surface area (Å²) in [6.45, 7) is 9.64. The number of carboxylic acids is 1. The van der Waals surface area contributed by atoms with Crippen molar-refractivity contribution in [3.8, 4) is 0 Å². The number of carboxylic acid groups (broad SMARTS) is 1. The number of hydrogen-bond donors (Lipinski definition) is 4. The van der Waals surface area contributed by atoms with E-state index in [0.29, 0.717) is 73.3 Å². The van der Waals surface area contributed by atoms with Gasteiger partial charge in [-0.1, -0.05) is 18.7 Å². The number of aromatic nitrogens is 2. The second kappa shape index (κ2) is 15.4. The summed E-state index contributed by atoms with van der Waals surface area (Å²) in [5.74, 6) is -1.26. The van der Waals surface area contributed by atoms with Crippen molar-refractivity contribution in [1.82, 2.24) is 25.1 Å². The molecule has 0 bridgehead atoms. The Balaban J connectivity index is 0.830. The lowest BCUT2D eigenvalue weighted by Gasteiger charge is -2.34. The number of primary amides is 1. The van der Waals surface area contributed by atoms with Crippen molar-refractivity contribution >= 4 is 52.6 Å². The number of amides is 4. The lowest BCUT2D eigenvalue weighted by Crippen LogP contribution is -2.51. The first-order valence-electron chi connectivity index (χ1n) is 19.5. The van der Waals surface area contributed by atoms with Crippen LogP contribution in [-0.4, -0.2) is 106 Å². The van der Waals surface area contributed by atoms with Gasteiger partial charge in [-0.15, -0.1) is 0 Å². The van der Waals surface area contributed by atoms with Crippen LogP contribution >= 0.6 is 0 Å². The Labute approximate surface area is 324 Å². The van der Waals surface area contributed by atoms with Crippen LogP contribution in [-0.2, 0) is 9.59 Å². The molecule has 5 N–H and O–H groups in total. The van der Waals surface area contributed by atoms with Crippen LogP contribution in [0.25, 0.3) is 0 Å². The van der Waals surface area contributed by atoms with Gasteiger partial charge in [0.1, 0.15) is 11.9 Å². The molecule has 0 saturated carbocycles. The summed E-state index contributed by atoms with van der Waals surface area (Å²) in [7, 11) is 0. The zero-order valence-electron chi connectivity index (χ0n) is 31.3. The number of nitrogens with zero attached hydrogens (tertiary/aromatic N) is 6. The van der Waals surface area contributed by atoms with Crippen LogP contribution in [0.2, 0.25) is 0 Å². The van der Waals surface area contributed by atoms with E-state index in [0.717, 1.165) is 68.3 Å². The number of carbonyl (C=O) groups is 5. The molecule has 4 fully saturated rings. The fourth-order valence-corrected chi connectivity index (χ4v) is 8.90. The molecule has 56 heavy (non-hydrogen) atoms. The first-order chi connectivity index (χ1) is 27.0. The number of rotatable bonds is 10. The number of fused-ring (bicyclic) bond motifs is 1. The molecule has 1 unspecified atom stereocenters. The number of benzene rings is 2. The summed E-state index contributed by atoms with van der Waals surface area (Å²) in [4.78, 5) is 79.7. The fourth-order valence-electron chi connectivity index (χ4n) is 8.90. The maximum absolute atomic E-state index is 13.4. The number of piperidine rings is 3. The zero-order valence-corrected chi connectivity index (χ0v) is 31.3. The zero-order chi connectivity index (χ0) is 39.1. The van der Waals surface area contributed by atoms with Crippen LogP contribution in [0.4, 0.5) is 23.0 Å². The van der Waals surface area contributed by atoms with Gasteiger partial charge in [0.25, 0.3) is 17.7 Å². The van der Waals surface area contributed by atoms with Crippen LogP contribution < -0.4 is 26.2 Å². The van der Waals surface area contributed by atoms with Gasteiger partial charge in [-0.3, -0.25) is 28.9 Å². The molecule has 2 aromatic carbocycles. The molecule has 2 atom stereocenters. The highest BCUT2D eigenvalue weighted by molar-refractivity contribution is 6.23. The molecule has 4 amide bonds. The molecule has 0 aliphatic carbocycles. The highest BCUT2D eigenvalue weighted by atomic mass is 16.4. The molecule has 8 rings (SSSR count). The molecule has 0 spiro atoms. The van der Waals surface area contributed by atoms with Crippen LogP contribution in [0.5, 0.6) is 0 Å². The van der Waals surface area contributed by atoms with Gasteiger partial charge < -0.3 is 36.2 Å². The van der Waals surface area contributed by atoms with Gasteiger partial charge in [0.15, 0.2) is 11.5 Å². The van der Waals surface area contributed by atoms with E-state index in [2.05, 4.69) is 49.1 Å². The molecular weight excluding hydrogens is 715 g/mol. The SMILES string of the molecule is C=C1CCC(N2C(=O)c3ccc(N4CC[C@H](CN5CCC(c6ccc(Nc7nc(N8CCC(C(=O)O)CC8)cnc7C(N)=O)cc6)CC5)C4)cc3C2=O)C(=O)N1. The molecule has 1 aromatic heterocycles. The number of aliphatic carboxylic acids is 1. The van der Waals surface area contributed by atoms with Crippen molar-refractivity contribution in [3.63, 3.8) is 0 Å². The van der Waals surface area contributed by atoms with E-state index < -0.39 is 29.7 Å². The maximum atomic E-state index is 13.4. The smallest absolute Gasteiger partial charge is 0.306 e. The first-order valence-corrected chi connectivity index (χ1v) is 19.5. The molecule has 6 heterocycles. The molecule has 0 radical (unpaired) electrons. The van der Waals surface area contributed by atoms with Crippen molar-refractivity contribution in [2.45, 2.75) is 56.9 Å². The Hall–Kier alpha value is -5.83. The average molecular weight is 762 g/mol. The molecule has 5 aliphatic rings. The lowest BCUT2D eigenvalue weighted by atomic mass is 9.89. The van der Waals surface area contributed by atoms with Gasteiger partial charge in [0, 0.05) is 49.8 Å². The van der Waals surface area contributed by atoms with Crippen LogP contribution in [0.1, 0.15) is 87.6 Å². The number of hydrogen-bond acceptors (Lipinski definition) is 11. The monoisotopic (exact) mass is 761 g/mol. The van der Waals surface area contributed by atoms with E-state index in [1.54, 1.807) is 6.07 Å². The van der Waals surface area contributed by atoms with Gasteiger partial charge in [0.05, 0.1) is 23.2 Å². The number of nitrogens with one attached hydrogen (secondary N) is 2. The van der Waals surface area contributed by atoms with Gasteiger partial charge in [-0.25, -0.2) is 9.97 Å². The first kappa shape index (κ1) is 37.1. The predicted molar refractivity (Wildman–Crippen MR) is 209 cm³/mol. The molecule has 3 aromatic rings.